The van der Waals surface area contributed by atoms with Gasteiger partial charge in [-0.15, -0.1) is 0 Å². The van der Waals surface area contributed by atoms with Gasteiger partial charge in [0.1, 0.15) is 0 Å². The molecule has 2 nitrogen and oxygen atoms in total. The molecule has 0 amide bonds. The van der Waals surface area contributed by atoms with Crippen LogP contribution in [-0.4, -0.2) is 13.6 Å². The van der Waals surface area contributed by atoms with Crippen LogP contribution >= 0.6 is 0 Å². The lowest BCUT2D eigenvalue weighted by Gasteiger charge is -2.20. The molecule has 0 aliphatic rings. The van der Waals surface area contributed by atoms with E-state index in [0.29, 0.717) is 0 Å². The minimum Gasteiger partial charge on any atom is -0.370 e. The van der Waals surface area contributed by atoms with Gasteiger partial charge in [-0.05, 0) is 43.1 Å². The third kappa shape index (κ3) is 4.91. The Labute approximate surface area is 128 Å². The molecular weight excluding hydrogens is 256 g/mol. The van der Waals surface area contributed by atoms with Gasteiger partial charge in [0.05, 0.1) is 0 Å². The van der Waals surface area contributed by atoms with Crippen molar-refractivity contribution in [3.63, 3.8) is 0 Å². The lowest BCUT2D eigenvalue weighted by molar-refractivity contribution is 0.675. The van der Waals surface area contributed by atoms with Gasteiger partial charge in [-0.2, -0.15) is 0 Å². The van der Waals surface area contributed by atoms with E-state index in [1.165, 1.54) is 28.8 Å². The van der Waals surface area contributed by atoms with Crippen molar-refractivity contribution in [3.8, 4) is 0 Å². The monoisotopic (exact) mass is 282 g/mol. The molecule has 0 saturated heterocycles. The van der Waals surface area contributed by atoms with Crippen molar-refractivity contribution in [1.29, 1.82) is 0 Å². The minimum absolute atomic E-state index is 0.935. The lowest BCUT2D eigenvalue weighted by Crippen LogP contribution is -2.17. The number of aryl methyl sites for hydroxylation is 1. The first-order valence-electron chi connectivity index (χ1n) is 7.75. The lowest BCUT2D eigenvalue weighted by atomic mass is 10.1. The van der Waals surface area contributed by atoms with Crippen molar-refractivity contribution in [2.75, 3.05) is 18.5 Å². The maximum atomic E-state index is 3.46. The highest BCUT2D eigenvalue weighted by Crippen LogP contribution is 2.16. The molecule has 2 aromatic carbocycles. The largest absolute Gasteiger partial charge is 0.370 e. The predicted octanol–water partition coefficient (Wildman–Crippen LogP) is 4.13. The van der Waals surface area contributed by atoms with Crippen molar-refractivity contribution >= 4 is 5.69 Å². The number of hydrogen-bond donors (Lipinski definition) is 1. The number of nitrogens with zero attached hydrogens (tertiary/aromatic N) is 1. The van der Waals surface area contributed by atoms with Crippen LogP contribution in [0.3, 0.4) is 0 Å². The highest BCUT2D eigenvalue weighted by atomic mass is 15.1. The molecule has 0 aromatic heterocycles. The standard InChI is InChI=1S/C19H26N2/c1-4-12-20-14-17-6-5-7-18(13-17)15-21(3)19-10-8-16(2)9-11-19/h5-11,13,20H,4,12,14-15H2,1-3H3. The number of benzene rings is 2. The van der Waals surface area contributed by atoms with Crippen LogP contribution in [0.25, 0.3) is 0 Å². The highest BCUT2D eigenvalue weighted by molar-refractivity contribution is 5.47. The molecule has 0 radical (unpaired) electrons. The summed E-state index contributed by atoms with van der Waals surface area (Å²) >= 11 is 0. The molecule has 0 bridgehead atoms. The van der Waals surface area contributed by atoms with Crippen molar-refractivity contribution in [1.82, 2.24) is 5.32 Å². The van der Waals surface area contributed by atoms with E-state index in [4.69, 9.17) is 0 Å². The summed E-state index contributed by atoms with van der Waals surface area (Å²) in [5.74, 6) is 0. The third-order valence-corrected chi connectivity index (χ3v) is 3.64. The summed E-state index contributed by atoms with van der Waals surface area (Å²) in [6.45, 7) is 7.28. The van der Waals surface area contributed by atoms with Crippen molar-refractivity contribution in [2.24, 2.45) is 0 Å². The maximum Gasteiger partial charge on any atom is 0.0426 e. The molecule has 112 valence electrons. The topological polar surface area (TPSA) is 15.3 Å². The van der Waals surface area contributed by atoms with E-state index < -0.39 is 0 Å². The zero-order valence-corrected chi connectivity index (χ0v) is 13.4. The van der Waals surface area contributed by atoms with Crippen LogP contribution < -0.4 is 10.2 Å². The second-order valence-electron chi connectivity index (χ2n) is 5.69. The summed E-state index contributed by atoms with van der Waals surface area (Å²) in [4.78, 5) is 2.29. The van der Waals surface area contributed by atoms with Gasteiger partial charge >= 0.3 is 0 Å². The smallest absolute Gasteiger partial charge is 0.0426 e. The fraction of sp³-hybridized carbons (Fsp3) is 0.368. The Morgan fingerprint density at radius 3 is 2.43 bits per heavy atom. The Morgan fingerprint density at radius 1 is 1.00 bits per heavy atom. The third-order valence-electron chi connectivity index (χ3n) is 3.64. The van der Waals surface area contributed by atoms with Gasteiger partial charge < -0.3 is 10.2 Å². The average molecular weight is 282 g/mol. The van der Waals surface area contributed by atoms with Crippen LogP contribution in [0.5, 0.6) is 0 Å². The summed E-state index contributed by atoms with van der Waals surface area (Å²) in [5, 5.41) is 3.46. The molecule has 0 aliphatic carbocycles. The van der Waals surface area contributed by atoms with Gasteiger partial charge in [0, 0.05) is 25.8 Å². The van der Waals surface area contributed by atoms with Gasteiger partial charge in [0.25, 0.3) is 0 Å². The van der Waals surface area contributed by atoms with Gasteiger partial charge in [0.2, 0.25) is 0 Å². The van der Waals surface area contributed by atoms with E-state index in [1.807, 2.05) is 0 Å². The molecule has 0 saturated carbocycles. The van der Waals surface area contributed by atoms with Crippen LogP contribution in [0.2, 0.25) is 0 Å². The van der Waals surface area contributed by atoms with Gasteiger partial charge in [-0.25, -0.2) is 0 Å². The fourth-order valence-corrected chi connectivity index (χ4v) is 2.41. The van der Waals surface area contributed by atoms with E-state index >= 15 is 0 Å². The van der Waals surface area contributed by atoms with Gasteiger partial charge in [-0.3, -0.25) is 0 Å². The van der Waals surface area contributed by atoms with E-state index in [2.05, 4.69) is 79.6 Å². The first kappa shape index (κ1) is 15.6. The van der Waals surface area contributed by atoms with Crippen molar-refractivity contribution < 1.29 is 0 Å². The number of anilines is 1. The molecule has 2 aromatic rings. The van der Waals surface area contributed by atoms with Crippen LogP contribution in [-0.2, 0) is 13.1 Å². The van der Waals surface area contributed by atoms with Crippen molar-refractivity contribution in [3.05, 3.63) is 65.2 Å². The zero-order chi connectivity index (χ0) is 15.1. The molecule has 0 heterocycles. The molecular formula is C19H26N2. The van der Waals surface area contributed by atoms with Crippen LogP contribution in [0.1, 0.15) is 30.0 Å². The Hall–Kier alpha value is -1.80. The fourth-order valence-electron chi connectivity index (χ4n) is 2.41. The van der Waals surface area contributed by atoms with E-state index in [0.717, 1.165) is 19.6 Å². The minimum atomic E-state index is 0.935. The molecule has 1 N–H and O–H groups in total. The zero-order valence-electron chi connectivity index (χ0n) is 13.4. The van der Waals surface area contributed by atoms with Crippen molar-refractivity contribution in [2.45, 2.75) is 33.4 Å². The molecule has 0 unspecified atom stereocenters. The maximum absolute atomic E-state index is 3.46. The first-order chi connectivity index (χ1) is 10.2. The summed E-state index contributed by atoms with van der Waals surface area (Å²) in [6.07, 6.45) is 1.18. The Kier molecular flexibility index (Phi) is 5.82. The van der Waals surface area contributed by atoms with E-state index in [1.54, 1.807) is 0 Å². The van der Waals surface area contributed by atoms with Crippen LogP contribution in [0.15, 0.2) is 48.5 Å². The quantitative estimate of drug-likeness (QED) is 0.768. The SMILES string of the molecule is CCCNCc1cccc(CN(C)c2ccc(C)cc2)c1. The van der Waals surface area contributed by atoms with E-state index in [-0.39, 0.29) is 0 Å². The summed E-state index contributed by atoms with van der Waals surface area (Å²) in [6, 6.07) is 17.5. The highest BCUT2D eigenvalue weighted by Gasteiger charge is 2.03. The summed E-state index contributed by atoms with van der Waals surface area (Å²) in [7, 11) is 2.15. The second-order valence-corrected chi connectivity index (χ2v) is 5.69. The molecule has 2 rings (SSSR count). The molecule has 21 heavy (non-hydrogen) atoms. The predicted molar refractivity (Wildman–Crippen MR) is 91.7 cm³/mol. The van der Waals surface area contributed by atoms with Gasteiger partial charge in [0.15, 0.2) is 0 Å². The second kappa shape index (κ2) is 7.84. The first-order valence-corrected chi connectivity index (χ1v) is 7.75. The van der Waals surface area contributed by atoms with Gasteiger partial charge in [-0.1, -0.05) is 48.9 Å². The molecule has 0 fully saturated rings. The average Bonchev–Trinajstić information content (AvgIpc) is 2.48. The normalized spacial score (nSPS) is 10.6. The van der Waals surface area contributed by atoms with E-state index in [9.17, 15) is 0 Å². The van der Waals surface area contributed by atoms with Crippen LogP contribution in [0.4, 0.5) is 5.69 Å². The Balaban J connectivity index is 1.98. The number of rotatable bonds is 7. The molecule has 0 spiro atoms. The number of nitrogens with one attached hydrogen (secondary N) is 1. The Bertz CT molecular complexity index is 546. The summed E-state index contributed by atoms with van der Waals surface area (Å²) < 4.78 is 0. The number of hydrogen-bond acceptors (Lipinski definition) is 2. The van der Waals surface area contributed by atoms with Crippen LogP contribution in [0, 0.1) is 6.92 Å². The Morgan fingerprint density at radius 2 is 1.71 bits per heavy atom. The summed E-state index contributed by atoms with van der Waals surface area (Å²) in [5.41, 5.74) is 5.28. The molecule has 0 aliphatic heterocycles. The molecule has 0 atom stereocenters. The molecule has 2 heteroatoms.